The molecule has 112 valence electrons. The summed E-state index contributed by atoms with van der Waals surface area (Å²) >= 11 is 0. The van der Waals surface area contributed by atoms with E-state index >= 15 is 0 Å². The highest BCUT2D eigenvalue weighted by atomic mass is 19.4. The fourth-order valence-corrected chi connectivity index (χ4v) is 1.80. The van der Waals surface area contributed by atoms with Crippen LogP contribution in [0.15, 0.2) is 0 Å². The predicted octanol–water partition coefficient (Wildman–Crippen LogP) is 2.22. The van der Waals surface area contributed by atoms with Gasteiger partial charge in [-0.2, -0.15) is 18.3 Å². The number of rotatable bonds is 6. The lowest BCUT2D eigenvalue weighted by molar-refractivity contribution is -0.139. The van der Waals surface area contributed by atoms with Gasteiger partial charge >= 0.3 is 6.18 Å². The standard InChI is InChI=1S/C12H17F3N4O/c1-3-7-8(4-2)18-19-11(9(7)10(16)17)20-6-5-12(13,14)15/h3-6H2,1-2H3,(H3,16,17). The second-order valence-electron chi connectivity index (χ2n) is 4.14. The van der Waals surface area contributed by atoms with Gasteiger partial charge in [0.1, 0.15) is 5.84 Å². The van der Waals surface area contributed by atoms with E-state index in [1.54, 1.807) is 0 Å². The van der Waals surface area contributed by atoms with Gasteiger partial charge in [-0.25, -0.2) is 0 Å². The Kier molecular flexibility index (Phi) is 5.29. The van der Waals surface area contributed by atoms with Gasteiger partial charge in [0.15, 0.2) is 0 Å². The molecule has 5 nitrogen and oxygen atoms in total. The third-order valence-corrected chi connectivity index (χ3v) is 2.71. The Morgan fingerprint density at radius 3 is 2.35 bits per heavy atom. The van der Waals surface area contributed by atoms with E-state index in [-0.39, 0.29) is 17.3 Å². The summed E-state index contributed by atoms with van der Waals surface area (Å²) in [5.74, 6) is -0.399. The summed E-state index contributed by atoms with van der Waals surface area (Å²) in [7, 11) is 0. The van der Waals surface area contributed by atoms with Crippen LogP contribution in [0.5, 0.6) is 5.88 Å². The smallest absolute Gasteiger partial charge is 0.392 e. The van der Waals surface area contributed by atoms with E-state index < -0.39 is 19.2 Å². The Labute approximate surface area is 114 Å². The number of hydrogen-bond acceptors (Lipinski definition) is 4. The van der Waals surface area contributed by atoms with Crippen LogP contribution in [0.4, 0.5) is 13.2 Å². The molecule has 0 amide bonds. The Bertz CT molecular complexity index is 488. The molecule has 1 aromatic rings. The van der Waals surface area contributed by atoms with Gasteiger partial charge in [0.2, 0.25) is 5.88 Å². The lowest BCUT2D eigenvalue weighted by atomic mass is 10.0. The largest absolute Gasteiger partial charge is 0.476 e. The van der Waals surface area contributed by atoms with Crippen LogP contribution in [0.25, 0.3) is 0 Å². The number of nitrogens with one attached hydrogen (secondary N) is 1. The molecule has 1 aromatic heterocycles. The molecular formula is C12H17F3N4O. The van der Waals surface area contributed by atoms with Crippen LogP contribution in [0.3, 0.4) is 0 Å². The Balaban J connectivity index is 3.04. The van der Waals surface area contributed by atoms with Crippen LogP contribution in [-0.2, 0) is 12.8 Å². The molecule has 0 atom stereocenters. The van der Waals surface area contributed by atoms with Gasteiger partial charge in [-0.1, -0.05) is 13.8 Å². The molecule has 0 spiro atoms. The molecule has 0 aliphatic carbocycles. The Morgan fingerprint density at radius 2 is 1.90 bits per heavy atom. The highest BCUT2D eigenvalue weighted by molar-refractivity contribution is 5.98. The van der Waals surface area contributed by atoms with E-state index in [4.69, 9.17) is 15.9 Å². The van der Waals surface area contributed by atoms with Crippen molar-refractivity contribution in [1.82, 2.24) is 10.2 Å². The fraction of sp³-hybridized carbons (Fsp3) is 0.583. The maximum atomic E-state index is 12.1. The first-order valence-electron chi connectivity index (χ1n) is 6.22. The van der Waals surface area contributed by atoms with E-state index in [1.165, 1.54) is 0 Å². The lowest BCUT2D eigenvalue weighted by Crippen LogP contribution is -2.21. The normalized spacial score (nSPS) is 11.4. The van der Waals surface area contributed by atoms with Crippen molar-refractivity contribution < 1.29 is 17.9 Å². The van der Waals surface area contributed by atoms with E-state index in [2.05, 4.69) is 10.2 Å². The molecule has 0 saturated heterocycles. The molecule has 0 aromatic carbocycles. The fourth-order valence-electron chi connectivity index (χ4n) is 1.80. The highest BCUT2D eigenvalue weighted by Crippen LogP contribution is 2.24. The lowest BCUT2D eigenvalue weighted by Gasteiger charge is -2.15. The van der Waals surface area contributed by atoms with Crippen molar-refractivity contribution >= 4 is 5.84 Å². The molecule has 1 heterocycles. The van der Waals surface area contributed by atoms with Crippen molar-refractivity contribution in [2.75, 3.05) is 6.61 Å². The molecule has 0 aliphatic rings. The van der Waals surface area contributed by atoms with Crippen molar-refractivity contribution in [2.24, 2.45) is 5.73 Å². The minimum Gasteiger partial charge on any atom is -0.476 e. The number of ether oxygens (including phenoxy) is 1. The van der Waals surface area contributed by atoms with Crippen LogP contribution < -0.4 is 10.5 Å². The first-order valence-corrected chi connectivity index (χ1v) is 6.22. The van der Waals surface area contributed by atoms with Gasteiger partial charge in [0, 0.05) is 0 Å². The number of hydrogen-bond donors (Lipinski definition) is 2. The molecule has 0 saturated carbocycles. The third-order valence-electron chi connectivity index (χ3n) is 2.71. The summed E-state index contributed by atoms with van der Waals surface area (Å²) < 4.78 is 41.3. The van der Waals surface area contributed by atoms with E-state index in [0.29, 0.717) is 24.1 Å². The second kappa shape index (κ2) is 6.53. The maximum Gasteiger partial charge on any atom is 0.392 e. The van der Waals surface area contributed by atoms with Gasteiger partial charge in [-0.3, -0.25) is 5.41 Å². The molecule has 0 aliphatic heterocycles. The minimum absolute atomic E-state index is 0.115. The summed E-state index contributed by atoms with van der Waals surface area (Å²) in [5, 5.41) is 15.2. The van der Waals surface area contributed by atoms with E-state index in [0.717, 1.165) is 0 Å². The zero-order valence-electron chi connectivity index (χ0n) is 11.3. The van der Waals surface area contributed by atoms with Crippen molar-refractivity contribution in [3.05, 3.63) is 16.8 Å². The predicted molar refractivity (Wildman–Crippen MR) is 68.0 cm³/mol. The first kappa shape index (κ1) is 16.2. The number of amidine groups is 1. The molecule has 0 bridgehead atoms. The summed E-state index contributed by atoms with van der Waals surface area (Å²) in [6, 6.07) is 0. The number of nitrogen functional groups attached to an aromatic ring is 1. The summed E-state index contributed by atoms with van der Waals surface area (Å²) in [4.78, 5) is 0. The number of aryl methyl sites for hydroxylation is 1. The Hall–Kier alpha value is -1.86. The number of halogens is 3. The first-order chi connectivity index (χ1) is 9.30. The quantitative estimate of drug-likeness (QED) is 0.621. The van der Waals surface area contributed by atoms with Crippen molar-refractivity contribution in [2.45, 2.75) is 39.3 Å². The van der Waals surface area contributed by atoms with Crippen LogP contribution in [0.2, 0.25) is 0 Å². The minimum atomic E-state index is -4.30. The molecule has 3 N–H and O–H groups in total. The molecule has 0 radical (unpaired) electrons. The van der Waals surface area contributed by atoms with Crippen molar-refractivity contribution in [3.8, 4) is 5.88 Å². The summed E-state index contributed by atoms with van der Waals surface area (Å²) in [5.41, 5.74) is 7.08. The van der Waals surface area contributed by atoms with Gasteiger partial charge in [0.05, 0.1) is 24.3 Å². The van der Waals surface area contributed by atoms with Gasteiger partial charge < -0.3 is 10.5 Å². The van der Waals surface area contributed by atoms with Gasteiger partial charge in [-0.05, 0) is 18.4 Å². The zero-order valence-corrected chi connectivity index (χ0v) is 11.3. The Morgan fingerprint density at radius 1 is 1.25 bits per heavy atom. The second-order valence-corrected chi connectivity index (χ2v) is 4.14. The van der Waals surface area contributed by atoms with Crippen LogP contribution >= 0.6 is 0 Å². The molecule has 8 heteroatoms. The molecule has 0 unspecified atom stereocenters. The topological polar surface area (TPSA) is 84.9 Å². The van der Waals surface area contributed by atoms with Crippen LogP contribution in [-0.4, -0.2) is 28.8 Å². The van der Waals surface area contributed by atoms with Crippen molar-refractivity contribution in [1.29, 1.82) is 5.41 Å². The van der Waals surface area contributed by atoms with E-state index in [9.17, 15) is 13.2 Å². The van der Waals surface area contributed by atoms with Gasteiger partial charge in [-0.15, -0.1) is 5.10 Å². The average molecular weight is 290 g/mol. The molecule has 1 rings (SSSR count). The summed E-state index contributed by atoms with van der Waals surface area (Å²) in [6.07, 6.45) is -4.26. The number of aromatic nitrogens is 2. The number of nitrogens with zero attached hydrogens (tertiary/aromatic N) is 2. The van der Waals surface area contributed by atoms with Crippen LogP contribution in [0, 0.1) is 5.41 Å². The monoisotopic (exact) mass is 290 g/mol. The SMILES string of the molecule is CCc1nnc(OCCC(F)(F)F)c(C(=N)N)c1CC. The molecule has 20 heavy (non-hydrogen) atoms. The summed E-state index contributed by atoms with van der Waals surface area (Å²) in [6.45, 7) is 3.15. The number of nitrogens with two attached hydrogens (primary N) is 1. The van der Waals surface area contributed by atoms with E-state index in [1.807, 2.05) is 13.8 Å². The zero-order chi connectivity index (χ0) is 15.3. The van der Waals surface area contributed by atoms with Gasteiger partial charge in [0.25, 0.3) is 0 Å². The average Bonchev–Trinajstić information content (AvgIpc) is 2.35. The molecule has 0 fully saturated rings. The van der Waals surface area contributed by atoms with Crippen molar-refractivity contribution in [3.63, 3.8) is 0 Å². The maximum absolute atomic E-state index is 12.1. The third kappa shape index (κ3) is 4.07. The molecular weight excluding hydrogens is 273 g/mol. The highest BCUT2D eigenvalue weighted by Gasteiger charge is 2.27. The number of alkyl halides is 3. The van der Waals surface area contributed by atoms with Crippen LogP contribution in [0.1, 0.15) is 37.1 Å².